The van der Waals surface area contributed by atoms with Crippen molar-refractivity contribution in [1.82, 2.24) is 5.32 Å². The average Bonchev–Trinajstić information content (AvgIpc) is 2.53. The summed E-state index contributed by atoms with van der Waals surface area (Å²) in [5.74, 6) is 0. The molecule has 6 heteroatoms. The highest BCUT2D eigenvalue weighted by molar-refractivity contribution is 4.93. The number of hydrogen-bond acceptors (Lipinski definition) is 6. The number of aliphatic hydroxyl groups is 4. The number of aliphatic hydroxyl groups excluding tert-OH is 4. The molecule has 88 valence electrons. The van der Waals surface area contributed by atoms with Gasteiger partial charge in [0.25, 0.3) is 0 Å². The zero-order valence-corrected chi connectivity index (χ0v) is 8.28. The third-order valence-corrected chi connectivity index (χ3v) is 2.33. The van der Waals surface area contributed by atoms with Gasteiger partial charge in [0.1, 0.15) is 30.6 Å². The molecule has 0 radical (unpaired) electrons. The molecule has 1 aliphatic rings. The molecule has 0 saturated carbocycles. The lowest BCUT2D eigenvalue weighted by molar-refractivity contribution is -0.0860. The molecule has 1 saturated heterocycles. The van der Waals surface area contributed by atoms with Gasteiger partial charge in [0.05, 0.1) is 6.61 Å². The summed E-state index contributed by atoms with van der Waals surface area (Å²) in [4.78, 5) is 0. The van der Waals surface area contributed by atoms with Gasteiger partial charge in [-0.1, -0.05) is 6.08 Å². The first-order chi connectivity index (χ1) is 7.11. The van der Waals surface area contributed by atoms with Crippen molar-refractivity contribution in [3.8, 4) is 0 Å². The lowest BCUT2D eigenvalue weighted by Crippen LogP contribution is -2.42. The molecule has 1 heterocycles. The maximum absolute atomic E-state index is 9.53. The Kier molecular flexibility index (Phi) is 4.65. The number of ether oxygens (including phenoxy) is 1. The summed E-state index contributed by atoms with van der Waals surface area (Å²) >= 11 is 0. The van der Waals surface area contributed by atoms with Gasteiger partial charge >= 0.3 is 0 Å². The van der Waals surface area contributed by atoms with E-state index in [0.29, 0.717) is 6.54 Å². The Labute approximate surface area is 87.8 Å². The molecule has 0 aromatic carbocycles. The number of nitrogens with one attached hydrogen (secondary N) is 1. The van der Waals surface area contributed by atoms with Crippen LogP contribution in [0.3, 0.4) is 0 Å². The summed E-state index contributed by atoms with van der Waals surface area (Å²) in [6.07, 6.45) is -3.70. The Bertz CT molecular complexity index is 213. The normalized spacial score (nSPS) is 37.9. The maximum Gasteiger partial charge on any atom is 0.137 e. The van der Waals surface area contributed by atoms with Crippen LogP contribution < -0.4 is 5.32 Å². The molecule has 6 nitrogen and oxygen atoms in total. The molecule has 1 aliphatic heterocycles. The number of rotatable bonds is 5. The lowest BCUT2D eigenvalue weighted by Gasteiger charge is -2.18. The van der Waals surface area contributed by atoms with Gasteiger partial charge in [0.15, 0.2) is 0 Å². The molecule has 0 aromatic heterocycles. The topological polar surface area (TPSA) is 102 Å². The van der Waals surface area contributed by atoms with Crippen LogP contribution in [0.15, 0.2) is 12.7 Å². The summed E-state index contributed by atoms with van der Waals surface area (Å²) < 4.78 is 5.17. The molecule has 0 spiro atoms. The first-order valence-electron chi connectivity index (χ1n) is 4.76. The van der Waals surface area contributed by atoms with Crippen LogP contribution in [0.5, 0.6) is 0 Å². The van der Waals surface area contributed by atoms with E-state index in [0.717, 1.165) is 0 Å². The first kappa shape index (κ1) is 12.6. The van der Waals surface area contributed by atoms with Gasteiger partial charge in [0.2, 0.25) is 0 Å². The molecule has 15 heavy (non-hydrogen) atoms. The van der Waals surface area contributed by atoms with Crippen molar-refractivity contribution in [2.24, 2.45) is 0 Å². The highest BCUT2D eigenvalue weighted by Crippen LogP contribution is 2.22. The molecular weight excluding hydrogens is 202 g/mol. The van der Waals surface area contributed by atoms with Crippen molar-refractivity contribution in [2.45, 2.75) is 30.6 Å². The highest BCUT2D eigenvalue weighted by atomic mass is 16.6. The van der Waals surface area contributed by atoms with Crippen LogP contribution in [0.25, 0.3) is 0 Å². The fourth-order valence-electron chi connectivity index (χ4n) is 1.49. The SMILES string of the molecule is C=CCNC1O[C@@H]([C@H](O)CO)[C@H](O)[C@H]1O. The third kappa shape index (κ3) is 2.75. The Morgan fingerprint density at radius 1 is 1.40 bits per heavy atom. The van der Waals surface area contributed by atoms with Crippen molar-refractivity contribution in [1.29, 1.82) is 0 Å². The van der Waals surface area contributed by atoms with Gasteiger partial charge in [-0.3, -0.25) is 5.32 Å². The van der Waals surface area contributed by atoms with Crippen molar-refractivity contribution in [2.75, 3.05) is 13.2 Å². The fourth-order valence-corrected chi connectivity index (χ4v) is 1.49. The van der Waals surface area contributed by atoms with Gasteiger partial charge in [-0.15, -0.1) is 6.58 Å². The summed E-state index contributed by atoms with van der Waals surface area (Å²) in [5.41, 5.74) is 0. The van der Waals surface area contributed by atoms with Crippen LogP contribution in [0.1, 0.15) is 0 Å². The molecule has 1 unspecified atom stereocenters. The van der Waals surface area contributed by atoms with Gasteiger partial charge in [-0.2, -0.15) is 0 Å². The van der Waals surface area contributed by atoms with Crippen molar-refractivity contribution in [3.63, 3.8) is 0 Å². The second-order valence-corrected chi connectivity index (χ2v) is 3.45. The molecular formula is C9H17NO5. The summed E-state index contributed by atoms with van der Waals surface area (Å²) in [6.45, 7) is 3.37. The molecule has 0 aliphatic carbocycles. The molecule has 1 fully saturated rings. The molecule has 5 atom stereocenters. The Morgan fingerprint density at radius 3 is 2.60 bits per heavy atom. The summed E-state index contributed by atoms with van der Waals surface area (Å²) in [6, 6.07) is 0. The second-order valence-electron chi connectivity index (χ2n) is 3.45. The summed E-state index contributed by atoms with van der Waals surface area (Å²) in [7, 11) is 0. The minimum Gasteiger partial charge on any atom is -0.394 e. The Morgan fingerprint density at radius 2 is 2.07 bits per heavy atom. The Hall–Kier alpha value is -0.500. The smallest absolute Gasteiger partial charge is 0.137 e. The van der Waals surface area contributed by atoms with Crippen LogP contribution in [0.2, 0.25) is 0 Å². The minimum absolute atomic E-state index is 0.413. The summed E-state index contributed by atoms with van der Waals surface area (Å²) in [5, 5.41) is 39.8. The zero-order valence-electron chi connectivity index (χ0n) is 8.28. The average molecular weight is 219 g/mol. The predicted octanol–water partition coefficient (Wildman–Crippen LogP) is -2.44. The van der Waals surface area contributed by atoms with Crippen LogP contribution >= 0.6 is 0 Å². The van der Waals surface area contributed by atoms with Crippen molar-refractivity contribution >= 4 is 0 Å². The van der Waals surface area contributed by atoms with E-state index in [1.807, 2.05) is 0 Å². The predicted molar refractivity (Wildman–Crippen MR) is 52.0 cm³/mol. The van der Waals surface area contributed by atoms with Gasteiger partial charge < -0.3 is 25.2 Å². The van der Waals surface area contributed by atoms with Gasteiger partial charge in [-0.25, -0.2) is 0 Å². The standard InChI is InChI=1S/C9H17NO5/c1-2-3-10-9-7(14)6(13)8(15-9)5(12)4-11/h2,5-14H,1,3-4H2/t5-,6-,7-,8+,9?/m1/s1. The van der Waals surface area contributed by atoms with E-state index in [1.54, 1.807) is 6.08 Å². The van der Waals surface area contributed by atoms with E-state index >= 15 is 0 Å². The van der Waals surface area contributed by atoms with E-state index in [1.165, 1.54) is 0 Å². The van der Waals surface area contributed by atoms with Crippen LogP contribution in [-0.2, 0) is 4.74 Å². The quantitative estimate of drug-likeness (QED) is 0.329. The highest BCUT2D eigenvalue weighted by Gasteiger charge is 2.45. The third-order valence-electron chi connectivity index (χ3n) is 2.33. The maximum atomic E-state index is 9.53. The monoisotopic (exact) mass is 219 g/mol. The minimum atomic E-state index is -1.21. The van der Waals surface area contributed by atoms with Crippen molar-refractivity contribution < 1.29 is 25.2 Å². The second kappa shape index (κ2) is 5.55. The van der Waals surface area contributed by atoms with E-state index in [4.69, 9.17) is 9.84 Å². The lowest BCUT2D eigenvalue weighted by atomic mass is 10.1. The van der Waals surface area contributed by atoms with Gasteiger partial charge in [0, 0.05) is 6.54 Å². The van der Waals surface area contributed by atoms with Crippen LogP contribution in [0.4, 0.5) is 0 Å². The van der Waals surface area contributed by atoms with Gasteiger partial charge in [-0.05, 0) is 0 Å². The largest absolute Gasteiger partial charge is 0.394 e. The van der Waals surface area contributed by atoms with Crippen LogP contribution in [-0.4, -0.2) is 64.2 Å². The molecule has 5 N–H and O–H groups in total. The van der Waals surface area contributed by atoms with E-state index in [-0.39, 0.29) is 0 Å². The first-order valence-corrected chi connectivity index (χ1v) is 4.76. The fraction of sp³-hybridized carbons (Fsp3) is 0.778. The Balaban J connectivity index is 2.54. The van der Waals surface area contributed by atoms with Crippen LogP contribution in [0, 0.1) is 0 Å². The molecule has 0 bridgehead atoms. The van der Waals surface area contributed by atoms with E-state index < -0.39 is 37.3 Å². The number of hydrogen-bond donors (Lipinski definition) is 5. The zero-order chi connectivity index (χ0) is 11.4. The molecule has 0 aromatic rings. The van der Waals surface area contributed by atoms with E-state index in [2.05, 4.69) is 11.9 Å². The van der Waals surface area contributed by atoms with E-state index in [9.17, 15) is 15.3 Å². The molecule has 1 rings (SSSR count). The molecule has 0 amide bonds. The van der Waals surface area contributed by atoms with Crippen molar-refractivity contribution in [3.05, 3.63) is 12.7 Å².